The molecule has 0 radical (unpaired) electrons. The number of hydrogen-bond donors (Lipinski definition) is 2. The van der Waals surface area contributed by atoms with Crippen LogP contribution in [0.25, 0.3) is 0 Å². The van der Waals surface area contributed by atoms with E-state index in [0.29, 0.717) is 24.4 Å². The third-order valence-electron chi connectivity index (χ3n) is 3.51. The average molecular weight is 265 g/mol. The fraction of sp³-hybridized carbons (Fsp3) is 0.500. The van der Waals surface area contributed by atoms with Crippen molar-refractivity contribution >= 4 is 11.5 Å². The van der Waals surface area contributed by atoms with Gasteiger partial charge in [-0.2, -0.15) is 0 Å². The second kappa shape index (κ2) is 5.57. The van der Waals surface area contributed by atoms with Gasteiger partial charge in [0.25, 0.3) is 0 Å². The summed E-state index contributed by atoms with van der Waals surface area (Å²) in [6.07, 6.45) is 0.996. The Balaban J connectivity index is 2.31. The highest BCUT2D eigenvalue weighted by molar-refractivity contribution is 5.95. The molecule has 3 N–H and O–H groups in total. The molecule has 0 spiro atoms. The van der Waals surface area contributed by atoms with E-state index in [1.165, 1.54) is 6.07 Å². The molecular formula is C14H20FN3O. The Labute approximate surface area is 112 Å². The van der Waals surface area contributed by atoms with Gasteiger partial charge < -0.3 is 15.4 Å². The number of nitrogens with one attached hydrogen (secondary N) is 1. The van der Waals surface area contributed by atoms with Gasteiger partial charge in [0.05, 0.1) is 24.4 Å². The standard InChI is InChI=1S/C14H20FN3O/c1-3-11-8-19-9(2)7-18(11)13-5-4-10(14(16)17)6-12(13)15/h4-6,9,11H,3,7-8H2,1-2H3,(H3,16,17). The Kier molecular flexibility index (Phi) is 4.04. The molecule has 1 aromatic rings. The number of hydrogen-bond acceptors (Lipinski definition) is 3. The highest BCUT2D eigenvalue weighted by Gasteiger charge is 2.27. The number of benzene rings is 1. The molecule has 1 saturated heterocycles. The lowest BCUT2D eigenvalue weighted by molar-refractivity contribution is 0.0297. The van der Waals surface area contributed by atoms with Gasteiger partial charge >= 0.3 is 0 Å². The maximum Gasteiger partial charge on any atom is 0.147 e. The SMILES string of the molecule is CCC1COC(C)CN1c1ccc(C(=N)N)cc1F. The van der Waals surface area contributed by atoms with Crippen molar-refractivity contribution in [3.63, 3.8) is 0 Å². The predicted molar refractivity (Wildman–Crippen MR) is 74.3 cm³/mol. The van der Waals surface area contributed by atoms with Crippen molar-refractivity contribution in [2.75, 3.05) is 18.1 Å². The van der Waals surface area contributed by atoms with E-state index in [9.17, 15) is 4.39 Å². The third kappa shape index (κ3) is 2.87. The monoisotopic (exact) mass is 265 g/mol. The van der Waals surface area contributed by atoms with E-state index in [-0.39, 0.29) is 23.8 Å². The zero-order chi connectivity index (χ0) is 14.0. The van der Waals surface area contributed by atoms with E-state index in [0.717, 1.165) is 6.42 Å². The van der Waals surface area contributed by atoms with Crippen LogP contribution in [0.2, 0.25) is 0 Å². The second-order valence-corrected chi connectivity index (χ2v) is 4.94. The number of anilines is 1. The topological polar surface area (TPSA) is 62.3 Å². The fourth-order valence-electron chi connectivity index (χ4n) is 2.38. The first-order valence-corrected chi connectivity index (χ1v) is 6.55. The van der Waals surface area contributed by atoms with Gasteiger partial charge in [-0.1, -0.05) is 6.92 Å². The summed E-state index contributed by atoms with van der Waals surface area (Å²) in [5.41, 5.74) is 6.34. The molecule has 1 aromatic carbocycles. The molecule has 4 nitrogen and oxygen atoms in total. The molecule has 0 aromatic heterocycles. The minimum Gasteiger partial charge on any atom is -0.384 e. The lowest BCUT2D eigenvalue weighted by Crippen LogP contribution is -2.49. The number of rotatable bonds is 3. The summed E-state index contributed by atoms with van der Waals surface area (Å²) in [4.78, 5) is 2.05. The molecule has 0 bridgehead atoms. The molecule has 104 valence electrons. The van der Waals surface area contributed by atoms with Gasteiger partial charge in [-0.15, -0.1) is 0 Å². The maximum absolute atomic E-state index is 14.2. The van der Waals surface area contributed by atoms with E-state index in [2.05, 4.69) is 6.92 Å². The van der Waals surface area contributed by atoms with Crippen molar-refractivity contribution in [2.24, 2.45) is 5.73 Å². The summed E-state index contributed by atoms with van der Waals surface area (Å²) < 4.78 is 19.8. The zero-order valence-corrected chi connectivity index (χ0v) is 11.3. The number of amidine groups is 1. The molecule has 1 fully saturated rings. The van der Waals surface area contributed by atoms with Crippen molar-refractivity contribution in [1.82, 2.24) is 0 Å². The Morgan fingerprint density at radius 1 is 1.58 bits per heavy atom. The molecule has 1 aliphatic heterocycles. The summed E-state index contributed by atoms with van der Waals surface area (Å²) in [5, 5.41) is 7.33. The molecular weight excluding hydrogens is 245 g/mol. The first kappa shape index (κ1) is 13.8. The summed E-state index contributed by atoms with van der Waals surface area (Å²) in [5.74, 6) is -0.451. The second-order valence-electron chi connectivity index (χ2n) is 4.94. The summed E-state index contributed by atoms with van der Waals surface area (Å²) in [6, 6.07) is 4.90. The van der Waals surface area contributed by atoms with Crippen LogP contribution in [0.4, 0.5) is 10.1 Å². The average Bonchev–Trinajstić information content (AvgIpc) is 2.38. The summed E-state index contributed by atoms with van der Waals surface area (Å²) >= 11 is 0. The van der Waals surface area contributed by atoms with Crippen LogP contribution < -0.4 is 10.6 Å². The van der Waals surface area contributed by atoms with E-state index in [1.54, 1.807) is 12.1 Å². The first-order valence-electron chi connectivity index (χ1n) is 6.55. The van der Waals surface area contributed by atoms with Crippen LogP contribution >= 0.6 is 0 Å². The molecule has 0 saturated carbocycles. The smallest absolute Gasteiger partial charge is 0.147 e. The van der Waals surface area contributed by atoms with Crippen LogP contribution in [0.15, 0.2) is 18.2 Å². The van der Waals surface area contributed by atoms with Crippen LogP contribution in [0.5, 0.6) is 0 Å². The van der Waals surface area contributed by atoms with Crippen LogP contribution in [0, 0.1) is 11.2 Å². The Morgan fingerprint density at radius 3 is 2.89 bits per heavy atom. The lowest BCUT2D eigenvalue weighted by Gasteiger charge is -2.40. The van der Waals surface area contributed by atoms with E-state index >= 15 is 0 Å². The molecule has 0 aliphatic carbocycles. The molecule has 19 heavy (non-hydrogen) atoms. The van der Waals surface area contributed by atoms with Gasteiger partial charge in [-0.25, -0.2) is 4.39 Å². The van der Waals surface area contributed by atoms with Gasteiger partial charge in [0.2, 0.25) is 0 Å². The number of ether oxygens (including phenoxy) is 1. The van der Waals surface area contributed by atoms with Gasteiger partial charge in [-0.3, -0.25) is 5.41 Å². The van der Waals surface area contributed by atoms with Gasteiger partial charge in [-0.05, 0) is 31.5 Å². The summed E-state index contributed by atoms with van der Waals surface area (Å²) in [6.45, 7) is 5.35. The number of halogens is 1. The Hall–Kier alpha value is -1.62. The minimum atomic E-state index is -0.333. The number of nitrogen functional groups attached to an aromatic ring is 1. The summed E-state index contributed by atoms with van der Waals surface area (Å²) in [7, 11) is 0. The van der Waals surface area contributed by atoms with Crippen LogP contribution in [-0.4, -0.2) is 31.1 Å². The van der Waals surface area contributed by atoms with Crippen molar-refractivity contribution in [3.05, 3.63) is 29.6 Å². The fourth-order valence-corrected chi connectivity index (χ4v) is 2.38. The predicted octanol–water partition coefficient (Wildman–Crippen LogP) is 2.11. The Morgan fingerprint density at radius 2 is 2.32 bits per heavy atom. The van der Waals surface area contributed by atoms with Crippen LogP contribution in [0.1, 0.15) is 25.8 Å². The molecule has 2 rings (SSSR count). The highest BCUT2D eigenvalue weighted by Crippen LogP contribution is 2.26. The van der Waals surface area contributed by atoms with Crippen molar-refractivity contribution in [3.8, 4) is 0 Å². The van der Waals surface area contributed by atoms with Crippen LogP contribution in [-0.2, 0) is 4.74 Å². The molecule has 2 atom stereocenters. The number of nitrogens with zero attached hydrogens (tertiary/aromatic N) is 1. The lowest BCUT2D eigenvalue weighted by atomic mass is 10.1. The van der Waals surface area contributed by atoms with E-state index < -0.39 is 0 Å². The molecule has 2 unspecified atom stereocenters. The van der Waals surface area contributed by atoms with Crippen molar-refractivity contribution in [2.45, 2.75) is 32.4 Å². The minimum absolute atomic E-state index is 0.0923. The van der Waals surface area contributed by atoms with Gasteiger partial charge in [0.1, 0.15) is 11.7 Å². The molecule has 1 aliphatic rings. The van der Waals surface area contributed by atoms with Gasteiger partial charge in [0.15, 0.2) is 0 Å². The quantitative estimate of drug-likeness (QED) is 0.650. The van der Waals surface area contributed by atoms with Crippen molar-refractivity contribution < 1.29 is 9.13 Å². The molecule has 1 heterocycles. The largest absolute Gasteiger partial charge is 0.384 e. The van der Waals surface area contributed by atoms with Crippen molar-refractivity contribution in [1.29, 1.82) is 5.41 Å². The number of morpholine rings is 1. The normalized spacial score (nSPS) is 23.4. The molecule has 5 heteroatoms. The zero-order valence-electron chi connectivity index (χ0n) is 11.3. The van der Waals surface area contributed by atoms with E-state index in [4.69, 9.17) is 15.9 Å². The highest BCUT2D eigenvalue weighted by atomic mass is 19.1. The Bertz CT molecular complexity index is 478. The number of nitrogens with two attached hydrogens (primary N) is 1. The molecule has 0 amide bonds. The maximum atomic E-state index is 14.2. The van der Waals surface area contributed by atoms with Gasteiger partial charge in [0, 0.05) is 12.1 Å². The third-order valence-corrected chi connectivity index (χ3v) is 3.51. The first-order chi connectivity index (χ1) is 9.02. The van der Waals surface area contributed by atoms with Crippen LogP contribution in [0.3, 0.4) is 0 Å². The van der Waals surface area contributed by atoms with E-state index in [1.807, 2.05) is 11.8 Å².